The minimum atomic E-state index is -0.476. The maximum atomic E-state index is 12.5. The number of carbonyl (C=O) groups excluding carboxylic acids is 2. The lowest BCUT2D eigenvalue weighted by molar-refractivity contribution is -0.113. The van der Waals surface area contributed by atoms with Gasteiger partial charge in [0.25, 0.3) is 0 Å². The van der Waals surface area contributed by atoms with Crippen molar-refractivity contribution in [3.8, 4) is 11.4 Å². The van der Waals surface area contributed by atoms with Gasteiger partial charge in [0.05, 0.1) is 18.4 Å². The van der Waals surface area contributed by atoms with Gasteiger partial charge in [-0.15, -0.1) is 28.1 Å². The van der Waals surface area contributed by atoms with Gasteiger partial charge in [0.1, 0.15) is 5.00 Å². The minimum absolute atomic E-state index is 0.126. The highest BCUT2D eigenvalue weighted by Crippen LogP contribution is 2.29. The highest BCUT2D eigenvalue weighted by molar-refractivity contribution is 7.99. The fourth-order valence-corrected chi connectivity index (χ4v) is 4.51. The second kappa shape index (κ2) is 9.73. The van der Waals surface area contributed by atoms with Crippen LogP contribution in [0.2, 0.25) is 0 Å². The van der Waals surface area contributed by atoms with Crippen molar-refractivity contribution < 1.29 is 14.3 Å². The Balaban J connectivity index is 1.74. The quantitative estimate of drug-likeness (QED) is 0.318. The van der Waals surface area contributed by atoms with Crippen molar-refractivity contribution in [2.24, 2.45) is 0 Å². The predicted octanol–water partition coefficient (Wildman–Crippen LogP) is 4.33. The zero-order chi connectivity index (χ0) is 21.7. The summed E-state index contributed by atoms with van der Waals surface area (Å²) in [5.41, 5.74) is 2.44. The van der Waals surface area contributed by atoms with E-state index in [-0.39, 0.29) is 11.7 Å². The van der Waals surface area contributed by atoms with Crippen molar-refractivity contribution in [1.29, 1.82) is 0 Å². The monoisotopic (exact) mass is 442 g/mol. The molecule has 0 unspecified atom stereocenters. The molecule has 0 atom stereocenters. The van der Waals surface area contributed by atoms with E-state index in [2.05, 4.69) is 22.1 Å². The Hall–Kier alpha value is -2.91. The van der Waals surface area contributed by atoms with Crippen LogP contribution in [0.4, 0.5) is 5.00 Å². The number of thioether (sulfide) groups is 1. The number of aromatic nitrogens is 3. The van der Waals surface area contributed by atoms with Crippen LogP contribution in [0.5, 0.6) is 0 Å². The molecule has 0 spiro atoms. The standard InChI is InChI=1S/C21H22N4O3S2/c1-5-9-25-18(15-8-6-7-13(2)10-15)23-24-21(25)29-12-17(26)22-19-16(20(27)28-4)11-14(3)30-19/h5-8,10-11H,1,9,12H2,2-4H3,(H,22,26). The number of benzene rings is 1. The molecular formula is C21H22N4O3S2. The molecule has 0 bridgehead atoms. The number of amides is 1. The number of thiophene rings is 1. The van der Waals surface area contributed by atoms with Crippen molar-refractivity contribution in [1.82, 2.24) is 14.8 Å². The highest BCUT2D eigenvalue weighted by Gasteiger charge is 2.19. The summed E-state index contributed by atoms with van der Waals surface area (Å²) < 4.78 is 6.70. The lowest BCUT2D eigenvalue weighted by atomic mass is 10.1. The van der Waals surface area contributed by atoms with Gasteiger partial charge in [0.15, 0.2) is 11.0 Å². The summed E-state index contributed by atoms with van der Waals surface area (Å²) in [4.78, 5) is 25.3. The van der Waals surface area contributed by atoms with Gasteiger partial charge in [-0.3, -0.25) is 9.36 Å². The number of esters is 1. The molecule has 9 heteroatoms. The topological polar surface area (TPSA) is 86.1 Å². The number of hydrogen-bond acceptors (Lipinski definition) is 7. The number of allylic oxidation sites excluding steroid dienone is 1. The average Bonchev–Trinajstić information content (AvgIpc) is 3.29. The van der Waals surface area contributed by atoms with Crippen molar-refractivity contribution in [3.05, 3.63) is 59.0 Å². The number of carbonyl (C=O) groups is 2. The van der Waals surface area contributed by atoms with Crippen LogP contribution in [-0.2, 0) is 16.1 Å². The van der Waals surface area contributed by atoms with Gasteiger partial charge in [0, 0.05) is 17.0 Å². The number of methoxy groups -OCH3 is 1. The van der Waals surface area contributed by atoms with E-state index < -0.39 is 5.97 Å². The zero-order valence-electron chi connectivity index (χ0n) is 17.0. The van der Waals surface area contributed by atoms with Crippen LogP contribution >= 0.6 is 23.1 Å². The second-order valence-corrected chi connectivity index (χ2v) is 8.70. The van der Waals surface area contributed by atoms with Crippen LogP contribution in [-0.4, -0.2) is 39.5 Å². The molecule has 0 aliphatic carbocycles. The summed E-state index contributed by atoms with van der Waals surface area (Å²) in [5.74, 6) is 0.136. The normalized spacial score (nSPS) is 10.6. The van der Waals surface area contributed by atoms with Crippen LogP contribution in [0, 0.1) is 13.8 Å². The molecule has 0 saturated heterocycles. The molecule has 1 amide bonds. The molecule has 0 aliphatic rings. The largest absolute Gasteiger partial charge is 0.465 e. The van der Waals surface area contributed by atoms with Crippen LogP contribution < -0.4 is 5.32 Å². The van der Waals surface area contributed by atoms with E-state index >= 15 is 0 Å². The lowest BCUT2D eigenvalue weighted by Crippen LogP contribution is -2.16. The number of aryl methyl sites for hydroxylation is 2. The van der Waals surface area contributed by atoms with Crippen LogP contribution in [0.15, 0.2) is 48.1 Å². The van der Waals surface area contributed by atoms with Crippen molar-refractivity contribution in [2.45, 2.75) is 25.5 Å². The van der Waals surface area contributed by atoms with Gasteiger partial charge in [-0.05, 0) is 26.0 Å². The number of rotatable bonds is 8. The van der Waals surface area contributed by atoms with Gasteiger partial charge < -0.3 is 10.1 Å². The highest BCUT2D eigenvalue weighted by atomic mass is 32.2. The first kappa shape index (κ1) is 21.8. The molecule has 3 aromatic rings. The number of hydrogen-bond donors (Lipinski definition) is 1. The Morgan fingerprint density at radius 2 is 2.10 bits per heavy atom. The summed E-state index contributed by atoms with van der Waals surface area (Å²) in [6.07, 6.45) is 1.77. The van der Waals surface area contributed by atoms with E-state index in [0.717, 1.165) is 21.8 Å². The Labute approximate surface area is 183 Å². The van der Waals surface area contributed by atoms with Gasteiger partial charge in [-0.1, -0.05) is 41.6 Å². The van der Waals surface area contributed by atoms with E-state index in [9.17, 15) is 9.59 Å². The smallest absolute Gasteiger partial charge is 0.340 e. The van der Waals surface area contributed by atoms with Gasteiger partial charge >= 0.3 is 5.97 Å². The molecule has 2 aromatic heterocycles. The van der Waals surface area contributed by atoms with E-state index in [1.165, 1.54) is 30.2 Å². The van der Waals surface area contributed by atoms with Crippen molar-refractivity contribution in [2.75, 3.05) is 18.2 Å². The van der Waals surface area contributed by atoms with Gasteiger partial charge in [0.2, 0.25) is 5.91 Å². The van der Waals surface area contributed by atoms with Crippen molar-refractivity contribution in [3.63, 3.8) is 0 Å². The summed E-state index contributed by atoms with van der Waals surface area (Å²) in [5, 5.41) is 12.5. The van der Waals surface area contributed by atoms with Gasteiger partial charge in [-0.25, -0.2) is 4.79 Å². The third kappa shape index (κ3) is 4.98. The number of nitrogens with zero attached hydrogens (tertiary/aromatic N) is 3. The Kier molecular flexibility index (Phi) is 7.07. The molecule has 3 rings (SSSR count). The summed E-state index contributed by atoms with van der Waals surface area (Å²) in [6, 6.07) is 9.71. The fourth-order valence-electron chi connectivity index (χ4n) is 2.85. The zero-order valence-corrected chi connectivity index (χ0v) is 18.6. The van der Waals surface area contributed by atoms with E-state index in [1.54, 1.807) is 12.1 Å². The first-order valence-corrected chi connectivity index (χ1v) is 11.0. The molecule has 0 saturated carbocycles. The molecule has 30 heavy (non-hydrogen) atoms. The molecule has 2 heterocycles. The van der Waals surface area contributed by atoms with Crippen molar-refractivity contribution >= 4 is 40.0 Å². The average molecular weight is 443 g/mol. The van der Waals surface area contributed by atoms with E-state index in [1.807, 2.05) is 42.7 Å². The molecule has 1 N–H and O–H groups in total. The Morgan fingerprint density at radius 1 is 1.30 bits per heavy atom. The third-order valence-electron chi connectivity index (χ3n) is 4.15. The number of anilines is 1. The summed E-state index contributed by atoms with van der Waals surface area (Å²) >= 11 is 2.61. The second-order valence-electron chi connectivity index (χ2n) is 6.50. The molecule has 7 nitrogen and oxygen atoms in total. The number of nitrogens with one attached hydrogen (secondary N) is 1. The Morgan fingerprint density at radius 3 is 2.80 bits per heavy atom. The molecule has 1 aromatic carbocycles. The predicted molar refractivity (Wildman–Crippen MR) is 120 cm³/mol. The SMILES string of the molecule is C=CCn1c(SCC(=O)Nc2sc(C)cc2C(=O)OC)nnc1-c1cccc(C)c1. The van der Waals surface area contributed by atoms with Crippen LogP contribution in [0.25, 0.3) is 11.4 Å². The van der Waals surface area contributed by atoms with Gasteiger partial charge in [-0.2, -0.15) is 0 Å². The summed E-state index contributed by atoms with van der Waals surface area (Å²) in [6.45, 7) is 8.22. The minimum Gasteiger partial charge on any atom is -0.465 e. The fraction of sp³-hybridized carbons (Fsp3) is 0.238. The first-order chi connectivity index (χ1) is 14.4. The van der Waals surface area contributed by atoms with Crippen LogP contribution in [0.1, 0.15) is 20.8 Å². The molecule has 0 aliphatic heterocycles. The molecular weight excluding hydrogens is 420 g/mol. The lowest BCUT2D eigenvalue weighted by Gasteiger charge is -2.08. The molecule has 0 radical (unpaired) electrons. The maximum Gasteiger partial charge on any atom is 0.340 e. The van der Waals surface area contributed by atoms with Crippen LogP contribution in [0.3, 0.4) is 0 Å². The van der Waals surface area contributed by atoms with E-state index in [4.69, 9.17) is 4.74 Å². The number of ether oxygens (including phenoxy) is 1. The molecule has 0 fully saturated rings. The maximum absolute atomic E-state index is 12.5. The summed E-state index contributed by atoms with van der Waals surface area (Å²) in [7, 11) is 1.31. The Bertz CT molecular complexity index is 1090. The third-order valence-corrected chi connectivity index (χ3v) is 6.08. The first-order valence-electron chi connectivity index (χ1n) is 9.15. The van der Waals surface area contributed by atoms with E-state index in [0.29, 0.717) is 22.3 Å². The molecule has 156 valence electrons.